The maximum Gasteiger partial charge on any atom is 0.264 e. The Morgan fingerprint density at radius 1 is 0.949 bits per heavy atom. The Morgan fingerprint density at radius 3 is 2.23 bits per heavy atom. The quantitative estimate of drug-likeness (QED) is 0.341. The van der Waals surface area contributed by atoms with E-state index in [-0.39, 0.29) is 17.3 Å². The SMILES string of the molecule is Cc1ccc(C)c(N(CC(=O)N(Cc2cccc(Br)c2)[C@H](C)C(=O)NC(C)(C)C)S(=O)(=O)c2ccccc2)c1. The Morgan fingerprint density at radius 2 is 1.62 bits per heavy atom. The third-order valence-corrected chi connectivity index (χ3v) is 8.42. The van der Waals surface area contributed by atoms with Crippen molar-refractivity contribution in [2.45, 2.75) is 64.6 Å². The van der Waals surface area contributed by atoms with Gasteiger partial charge in [-0.1, -0.05) is 58.4 Å². The Kier molecular flexibility index (Phi) is 9.61. The highest BCUT2D eigenvalue weighted by atomic mass is 79.9. The third kappa shape index (κ3) is 7.92. The molecule has 0 heterocycles. The Labute approximate surface area is 240 Å². The number of amides is 2. The number of rotatable bonds is 9. The Bertz CT molecular complexity index is 1440. The molecule has 0 spiro atoms. The molecule has 0 aliphatic heterocycles. The van der Waals surface area contributed by atoms with Crippen LogP contribution >= 0.6 is 15.9 Å². The van der Waals surface area contributed by atoms with Gasteiger partial charge < -0.3 is 10.2 Å². The third-order valence-electron chi connectivity index (χ3n) is 6.15. The molecule has 0 fully saturated rings. The van der Waals surface area contributed by atoms with Crippen molar-refractivity contribution >= 4 is 43.5 Å². The molecule has 0 saturated heterocycles. The van der Waals surface area contributed by atoms with Gasteiger partial charge in [0, 0.05) is 16.6 Å². The van der Waals surface area contributed by atoms with Gasteiger partial charge in [-0.05, 0) is 88.6 Å². The van der Waals surface area contributed by atoms with Gasteiger partial charge in [-0.3, -0.25) is 13.9 Å². The van der Waals surface area contributed by atoms with Crippen LogP contribution < -0.4 is 9.62 Å². The van der Waals surface area contributed by atoms with Crippen LogP contribution in [0.1, 0.15) is 44.4 Å². The molecular formula is C30H36BrN3O4S. The van der Waals surface area contributed by atoms with Crippen molar-refractivity contribution < 1.29 is 18.0 Å². The number of hydrogen-bond acceptors (Lipinski definition) is 4. The normalized spacial score (nSPS) is 12.5. The summed E-state index contributed by atoms with van der Waals surface area (Å²) < 4.78 is 29.8. The monoisotopic (exact) mass is 613 g/mol. The number of benzene rings is 3. The van der Waals surface area contributed by atoms with Crippen LogP contribution in [0.2, 0.25) is 0 Å². The maximum atomic E-state index is 14.0. The van der Waals surface area contributed by atoms with Crippen molar-refractivity contribution in [3.63, 3.8) is 0 Å². The highest BCUT2D eigenvalue weighted by Crippen LogP contribution is 2.28. The summed E-state index contributed by atoms with van der Waals surface area (Å²) in [6.45, 7) is 10.6. The molecule has 7 nitrogen and oxygen atoms in total. The lowest BCUT2D eigenvalue weighted by atomic mass is 10.1. The average molecular weight is 615 g/mol. The molecule has 39 heavy (non-hydrogen) atoms. The summed E-state index contributed by atoms with van der Waals surface area (Å²) in [6.07, 6.45) is 0. The van der Waals surface area contributed by atoms with Crippen molar-refractivity contribution in [2.24, 2.45) is 0 Å². The van der Waals surface area contributed by atoms with Crippen molar-refractivity contribution in [3.8, 4) is 0 Å². The molecule has 0 saturated carbocycles. The van der Waals surface area contributed by atoms with Gasteiger partial charge in [0.2, 0.25) is 11.8 Å². The second kappa shape index (κ2) is 12.3. The molecule has 0 bridgehead atoms. The van der Waals surface area contributed by atoms with Gasteiger partial charge in [-0.2, -0.15) is 0 Å². The smallest absolute Gasteiger partial charge is 0.264 e. The minimum Gasteiger partial charge on any atom is -0.350 e. The van der Waals surface area contributed by atoms with E-state index in [0.717, 1.165) is 19.9 Å². The molecule has 1 N–H and O–H groups in total. The number of sulfonamides is 1. The molecule has 208 valence electrons. The lowest BCUT2D eigenvalue weighted by molar-refractivity contribution is -0.140. The highest BCUT2D eigenvalue weighted by molar-refractivity contribution is 9.10. The number of halogens is 1. The van der Waals surface area contributed by atoms with Crippen LogP contribution in [-0.2, 0) is 26.2 Å². The van der Waals surface area contributed by atoms with E-state index in [4.69, 9.17) is 0 Å². The zero-order valence-corrected chi connectivity index (χ0v) is 25.6. The van der Waals surface area contributed by atoms with Gasteiger partial charge in [0.05, 0.1) is 10.6 Å². The highest BCUT2D eigenvalue weighted by Gasteiger charge is 2.33. The van der Waals surface area contributed by atoms with Gasteiger partial charge in [0.15, 0.2) is 0 Å². The van der Waals surface area contributed by atoms with Crippen LogP contribution in [0.4, 0.5) is 5.69 Å². The molecule has 0 aromatic heterocycles. The molecule has 3 rings (SSSR count). The summed E-state index contributed by atoms with van der Waals surface area (Å²) in [5.74, 6) is -0.818. The van der Waals surface area contributed by atoms with E-state index in [1.807, 2.05) is 71.0 Å². The number of nitrogens with zero attached hydrogens (tertiary/aromatic N) is 2. The van der Waals surface area contributed by atoms with E-state index >= 15 is 0 Å². The number of nitrogens with one attached hydrogen (secondary N) is 1. The van der Waals surface area contributed by atoms with Crippen molar-refractivity contribution in [1.29, 1.82) is 0 Å². The fourth-order valence-corrected chi connectivity index (χ4v) is 6.05. The van der Waals surface area contributed by atoms with Crippen LogP contribution in [0.15, 0.2) is 82.2 Å². The Hall–Kier alpha value is -3.17. The van der Waals surface area contributed by atoms with Gasteiger partial charge in [-0.25, -0.2) is 8.42 Å². The zero-order valence-electron chi connectivity index (χ0n) is 23.2. The van der Waals surface area contributed by atoms with E-state index in [1.54, 1.807) is 31.2 Å². The van der Waals surface area contributed by atoms with E-state index in [0.29, 0.717) is 11.3 Å². The van der Waals surface area contributed by atoms with E-state index in [9.17, 15) is 18.0 Å². The lowest BCUT2D eigenvalue weighted by Gasteiger charge is -2.34. The maximum absolute atomic E-state index is 14.0. The largest absolute Gasteiger partial charge is 0.350 e. The number of carbonyl (C=O) groups is 2. The minimum absolute atomic E-state index is 0.0794. The lowest BCUT2D eigenvalue weighted by Crippen LogP contribution is -2.54. The first kappa shape index (κ1) is 30.4. The van der Waals surface area contributed by atoms with Crippen LogP contribution in [0.25, 0.3) is 0 Å². The van der Waals surface area contributed by atoms with Crippen molar-refractivity contribution in [3.05, 3.63) is 94.0 Å². The second-order valence-corrected chi connectivity index (χ2v) is 13.5. The van der Waals surface area contributed by atoms with Crippen LogP contribution in [-0.4, -0.2) is 43.3 Å². The number of aryl methyl sites for hydroxylation is 2. The molecule has 1 atom stereocenters. The number of hydrogen-bond donors (Lipinski definition) is 1. The fraction of sp³-hybridized carbons (Fsp3) is 0.333. The average Bonchev–Trinajstić information content (AvgIpc) is 2.86. The molecular weight excluding hydrogens is 578 g/mol. The fourth-order valence-electron chi connectivity index (χ4n) is 4.11. The first-order chi connectivity index (χ1) is 18.2. The summed E-state index contributed by atoms with van der Waals surface area (Å²) in [7, 11) is -4.10. The molecule has 3 aromatic rings. The van der Waals surface area contributed by atoms with Crippen LogP contribution in [0.3, 0.4) is 0 Å². The summed E-state index contributed by atoms with van der Waals surface area (Å²) in [5, 5.41) is 2.94. The first-order valence-electron chi connectivity index (χ1n) is 12.7. The standard InChI is InChI=1S/C30H36BrN3O4S/c1-21-15-16-22(2)27(17-21)34(39(37,38)26-13-8-7-9-14-26)20-28(35)33(19-24-11-10-12-25(31)18-24)23(3)29(36)32-30(4,5)6/h7-18,23H,19-20H2,1-6H3,(H,32,36)/t23-/m1/s1. The molecule has 0 unspecified atom stereocenters. The summed E-state index contributed by atoms with van der Waals surface area (Å²) in [6, 6.07) is 20.2. The van der Waals surface area contributed by atoms with Crippen LogP contribution in [0, 0.1) is 13.8 Å². The number of carbonyl (C=O) groups excluding carboxylic acids is 2. The number of anilines is 1. The predicted molar refractivity (Wildman–Crippen MR) is 159 cm³/mol. The first-order valence-corrected chi connectivity index (χ1v) is 14.9. The van der Waals surface area contributed by atoms with E-state index in [2.05, 4.69) is 21.2 Å². The minimum atomic E-state index is -4.10. The van der Waals surface area contributed by atoms with Crippen LogP contribution in [0.5, 0.6) is 0 Å². The van der Waals surface area contributed by atoms with Gasteiger partial charge in [0.25, 0.3) is 10.0 Å². The van der Waals surface area contributed by atoms with Crippen molar-refractivity contribution in [1.82, 2.24) is 10.2 Å². The second-order valence-electron chi connectivity index (χ2n) is 10.7. The molecule has 0 aliphatic rings. The summed E-state index contributed by atoms with van der Waals surface area (Å²) >= 11 is 3.46. The molecule has 0 aliphatic carbocycles. The van der Waals surface area contributed by atoms with Gasteiger partial charge >= 0.3 is 0 Å². The van der Waals surface area contributed by atoms with Crippen molar-refractivity contribution in [2.75, 3.05) is 10.8 Å². The molecule has 0 radical (unpaired) electrons. The zero-order chi connectivity index (χ0) is 29.0. The summed E-state index contributed by atoms with van der Waals surface area (Å²) in [4.78, 5) is 28.7. The van der Waals surface area contributed by atoms with Gasteiger partial charge in [-0.15, -0.1) is 0 Å². The molecule has 3 aromatic carbocycles. The summed E-state index contributed by atoms with van der Waals surface area (Å²) in [5.41, 5.74) is 2.29. The van der Waals surface area contributed by atoms with E-state index < -0.39 is 34.1 Å². The molecule has 9 heteroatoms. The molecule has 2 amide bonds. The predicted octanol–water partition coefficient (Wildman–Crippen LogP) is 5.59. The van der Waals surface area contributed by atoms with E-state index in [1.165, 1.54) is 17.0 Å². The Balaban J connectivity index is 2.07. The topological polar surface area (TPSA) is 86.8 Å². The van der Waals surface area contributed by atoms with Gasteiger partial charge in [0.1, 0.15) is 12.6 Å².